The molecular weight excluding hydrogens is 245 g/mol. The number of carbonyl (C=O) groups is 1. The first-order valence-corrected chi connectivity index (χ1v) is 5.18. The van der Waals surface area contributed by atoms with Gasteiger partial charge in [-0.25, -0.2) is 13.2 Å². The van der Waals surface area contributed by atoms with Crippen LogP contribution in [0, 0.1) is 17.5 Å². The number of Topliss-reactive ketones (excluding diaryl/α,β-unsaturated/α-hetero) is 1. The number of carbonyl (C=O) groups excluding carboxylic acids is 1. The zero-order valence-electron chi connectivity index (χ0n) is 9.40. The average molecular weight is 254 g/mol. The topological polar surface area (TPSA) is 34.9 Å². The second-order valence-electron chi connectivity index (χ2n) is 3.81. The second kappa shape index (κ2) is 4.64. The Kier molecular flexibility index (Phi) is 3.18. The van der Waals surface area contributed by atoms with E-state index in [1.165, 1.54) is 13.0 Å². The predicted molar refractivity (Wildman–Crippen MR) is 57.6 cm³/mol. The van der Waals surface area contributed by atoms with Crippen LogP contribution >= 0.6 is 0 Å². The molecule has 0 amide bonds. The standard InChI is InChI=1S/C12H9F3N2O/c1-7(17-6-9(13)5-16-17)12(18)8-2-3-10(14)11(15)4-8/h2-7H,1H3/t7-/m1/s1. The van der Waals surface area contributed by atoms with Gasteiger partial charge in [0, 0.05) is 5.56 Å². The van der Waals surface area contributed by atoms with Crippen molar-refractivity contribution in [2.75, 3.05) is 0 Å². The van der Waals surface area contributed by atoms with Gasteiger partial charge in [0.15, 0.2) is 23.2 Å². The van der Waals surface area contributed by atoms with Crippen molar-refractivity contribution in [1.29, 1.82) is 0 Å². The summed E-state index contributed by atoms with van der Waals surface area (Å²) in [6.45, 7) is 1.50. The monoisotopic (exact) mass is 254 g/mol. The molecule has 3 nitrogen and oxygen atoms in total. The summed E-state index contributed by atoms with van der Waals surface area (Å²) in [5.41, 5.74) is 0.0114. The highest BCUT2D eigenvalue weighted by atomic mass is 19.2. The highest BCUT2D eigenvalue weighted by Gasteiger charge is 2.19. The normalized spacial score (nSPS) is 12.4. The van der Waals surface area contributed by atoms with Crippen molar-refractivity contribution in [2.45, 2.75) is 13.0 Å². The minimum atomic E-state index is -1.10. The van der Waals surface area contributed by atoms with Crippen LogP contribution in [0.5, 0.6) is 0 Å². The van der Waals surface area contributed by atoms with Crippen molar-refractivity contribution >= 4 is 5.78 Å². The van der Waals surface area contributed by atoms with E-state index in [0.29, 0.717) is 0 Å². The van der Waals surface area contributed by atoms with Gasteiger partial charge in [-0.05, 0) is 25.1 Å². The molecule has 1 heterocycles. The van der Waals surface area contributed by atoms with E-state index in [1.54, 1.807) is 0 Å². The Hall–Kier alpha value is -2.11. The summed E-state index contributed by atoms with van der Waals surface area (Å²) in [5.74, 6) is -3.17. The maximum Gasteiger partial charge on any atom is 0.187 e. The zero-order valence-corrected chi connectivity index (χ0v) is 9.40. The Morgan fingerprint density at radius 2 is 2.00 bits per heavy atom. The summed E-state index contributed by atoms with van der Waals surface area (Å²) < 4.78 is 39.6. The predicted octanol–water partition coefficient (Wildman–Crippen LogP) is 2.74. The molecule has 0 saturated carbocycles. The van der Waals surface area contributed by atoms with Crippen LogP contribution in [-0.4, -0.2) is 15.6 Å². The van der Waals surface area contributed by atoms with Gasteiger partial charge in [0.1, 0.15) is 6.04 Å². The van der Waals surface area contributed by atoms with Crippen molar-refractivity contribution in [3.05, 3.63) is 53.6 Å². The van der Waals surface area contributed by atoms with Crippen LogP contribution < -0.4 is 0 Å². The molecule has 0 saturated heterocycles. The SMILES string of the molecule is C[C@H](C(=O)c1ccc(F)c(F)c1)n1cc(F)cn1. The van der Waals surface area contributed by atoms with Gasteiger partial charge in [0.05, 0.1) is 12.4 Å². The van der Waals surface area contributed by atoms with Gasteiger partial charge in [-0.1, -0.05) is 0 Å². The molecule has 94 valence electrons. The van der Waals surface area contributed by atoms with E-state index in [9.17, 15) is 18.0 Å². The maximum absolute atomic E-state index is 13.0. The number of ketones is 1. The van der Waals surface area contributed by atoms with Gasteiger partial charge >= 0.3 is 0 Å². The van der Waals surface area contributed by atoms with Gasteiger partial charge in [0.25, 0.3) is 0 Å². The number of halogens is 3. The summed E-state index contributed by atoms with van der Waals surface area (Å²) in [6, 6.07) is 2.07. The highest BCUT2D eigenvalue weighted by molar-refractivity contribution is 5.98. The van der Waals surface area contributed by atoms with Crippen LogP contribution in [0.15, 0.2) is 30.6 Å². The Bertz CT molecular complexity index is 595. The van der Waals surface area contributed by atoms with Gasteiger partial charge in [-0.2, -0.15) is 5.10 Å². The molecule has 0 spiro atoms. The minimum Gasteiger partial charge on any atom is -0.292 e. The molecule has 0 unspecified atom stereocenters. The van der Waals surface area contributed by atoms with Crippen molar-refractivity contribution in [3.63, 3.8) is 0 Å². The number of hydrogen-bond donors (Lipinski definition) is 0. The quantitative estimate of drug-likeness (QED) is 0.789. The fraction of sp³-hybridized carbons (Fsp3) is 0.167. The molecule has 6 heteroatoms. The van der Waals surface area contributed by atoms with E-state index < -0.39 is 29.3 Å². The Morgan fingerprint density at radius 1 is 1.28 bits per heavy atom. The van der Waals surface area contributed by atoms with E-state index in [-0.39, 0.29) is 5.56 Å². The molecule has 0 N–H and O–H groups in total. The maximum atomic E-state index is 13.0. The van der Waals surface area contributed by atoms with Crippen LogP contribution in [0.3, 0.4) is 0 Å². The van der Waals surface area contributed by atoms with Gasteiger partial charge in [0.2, 0.25) is 0 Å². The molecule has 0 bridgehead atoms. The van der Waals surface area contributed by atoms with Crippen LogP contribution in [-0.2, 0) is 0 Å². The number of benzene rings is 1. The largest absolute Gasteiger partial charge is 0.292 e. The third kappa shape index (κ3) is 2.27. The number of aromatic nitrogens is 2. The van der Waals surface area contributed by atoms with Gasteiger partial charge < -0.3 is 0 Å². The summed E-state index contributed by atoms with van der Waals surface area (Å²) in [5, 5.41) is 3.66. The molecular formula is C12H9F3N2O. The summed E-state index contributed by atoms with van der Waals surface area (Å²) in [6.07, 6.45) is 2.03. The van der Waals surface area contributed by atoms with Crippen molar-refractivity contribution in [2.24, 2.45) is 0 Å². The Labute approximate surface area is 101 Å². The zero-order chi connectivity index (χ0) is 13.3. The van der Waals surface area contributed by atoms with E-state index in [4.69, 9.17) is 0 Å². The molecule has 1 aromatic carbocycles. The second-order valence-corrected chi connectivity index (χ2v) is 3.81. The minimum absolute atomic E-state index is 0.0114. The average Bonchev–Trinajstić information content (AvgIpc) is 2.77. The molecule has 0 aliphatic carbocycles. The Morgan fingerprint density at radius 3 is 2.56 bits per heavy atom. The first-order chi connectivity index (χ1) is 8.49. The lowest BCUT2D eigenvalue weighted by Crippen LogP contribution is -2.17. The summed E-state index contributed by atoms with van der Waals surface area (Å²) >= 11 is 0. The molecule has 0 radical (unpaired) electrons. The molecule has 0 aliphatic heterocycles. The first kappa shape index (κ1) is 12.3. The van der Waals surface area contributed by atoms with E-state index in [1.807, 2.05) is 0 Å². The lowest BCUT2D eigenvalue weighted by atomic mass is 10.1. The molecule has 2 aromatic rings. The highest BCUT2D eigenvalue weighted by Crippen LogP contribution is 2.16. The molecule has 0 fully saturated rings. The molecule has 0 aliphatic rings. The summed E-state index contributed by atoms with van der Waals surface area (Å²) in [4.78, 5) is 11.9. The molecule has 18 heavy (non-hydrogen) atoms. The van der Waals surface area contributed by atoms with E-state index in [0.717, 1.165) is 29.2 Å². The third-order valence-corrected chi connectivity index (χ3v) is 2.55. The molecule has 1 aromatic heterocycles. The fourth-order valence-electron chi connectivity index (χ4n) is 1.54. The molecule has 1 atom stereocenters. The third-order valence-electron chi connectivity index (χ3n) is 2.55. The van der Waals surface area contributed by atoms with Crippen molar-refractivity contribution in [1.82, 2.24) is 9.78 Å². The van der Waals surface area contributed by atoms with Gasteiger partial charge in [-0.3, -0.25) is 9.48 Å². The van der Waals surface area contributed by atoms with E-state index in [2.05, 4.69) is 5.10 Å². The first-order valence-electron chi connectivity index (χ1n) is 5.18. The molecule has 2 rings (SSSR count). The lowest BCUT2D eigenvalue weighted by molar-refractivity contribution is 0.0927. The van der Waals surface area contributed by atoms with Crippen LogP contribution in [0.1, 0.15) is 23.3 Å². The number of rotatable bonds is 3. The lowest BCUT2D eigenvalue weighted by Gasteiger charge is -2.10. The van der Waals surface area contributed by atoms with E-state index >= 15 is 0 Å². The van der Waals surface area contributed by atoms with Crippen LogP contribution in [0.2, 0.25) is 0 Å². The van der Waals surface area contributed by atoms with Crippen LogP contribution in [0.25, 0.3) is 0 Å². The van der Waals surface area contributed by atoms with Crippen molar-refractivity contribution < 1.29 is 18.0 Å². The summed E-state index contributed by atoms with van der Waals surface area (Å²) in [7, 11) is 0. The number of nitrogens with zero attached hydrogens (tertiary/aromatic N) is 2. The fourth-order valence-corrected chi connectivity index (χ4v) is 1.54. The smallest absolute Gasteiger partial charge is 0.187 e. The van der Waals surface area contributed by atoms with Crippen molar-refractivity contribution in [3.8, 4) is 0 Å². The Balaban J connectivity index is 2.28. The van der Waals surface area contributed by atoms with Gasteiger partial charge in [-0.15, -0.1) is 0 Å². The van der Waals surface area contributed by atoms with Crippen LogP contribution in [0.4, 0.5) is 13.2 Å². The number of hydrogen-bond acceptors (Lipinski definition) is 2.